The molecule has 0 aromatic carbocycles. The highest BCUT2D eigenvalue weighted by Crippen LogP contribution is 2.29. The number of hydrogen-bond donors (Lipinski definition) is 0. The van der Waals surface area contributed by atoms with Gasteiger partial charge >= 0.3 is 5.97 Å². The van der Waals surface area contributed by atoms with Crippen LogP contribution in [0.3, 0.4) is 0 Å². The number of alkyl halides is 1. The number of esters is 1. The second-order valence-electron chi connectivity index (χ2n) is 1.92. The molecule has 0 amide bonds. The molecule has 4 heteroatoms. The van der Waals surface area contributed by atoms with Gasteiger partial charge in [0.15, 0.2) is 4.51 Å². The van der Waals surface area contributed by atoms with Gasteiger partial charge in [0.05, 0.1) is 6.42 Å². The Balaban J connectivity index is 2.54. The lowest BCUT2D eigenvalue weighted by molar-refractivity contribution is -0.137. The molecule has 0 spiro atoms. The van der Waals surface area contributed by atoms with E-state index >= 15 is 0 Å². The summed E-state index contributed by atoms with van der Waals surface area (Å²) in [4.78, 5) is 10.5. The van der Waals surface area contributed by atoms with Gasteiger partial charge in [0.25, 0.3) is 0 Å². The number of methoxy groups -OCH3 is 1. The Labute approximate surface area is 61.4 Å². The van der Waals surface area contributed by atoms with Crippen molar-refractivity contribution in [3.05, 3.63) is 0 Å². The van der Waals surface area contributed by atoms with E-state index in [1.165, 1.54) is 7.11 Å². The minimum Gasteiger partial charge on any atom is -0.462 e. The van der Waals surface area contributed by atoms with E-state index < -0.39 is 4.51 Å². The van der Waals surface area contributed by atoms with E-state index in [9.17, 15) is 4.79 Å². The maximum absolute atomic E-state index is 10.5. The van der Waals surface area contributed by atoms with Gasteiger partial charge in [-0.1, -0.05) is 0 Å². The summed E-state index contributed by atoms with van der Waals surface area (Å²) in [5.41, 5.74) is 0. The molecule has 0 saturated carbocycles. The van der Waals surface area contributed by atoms with Crippen LogP contribution in [0.1, 0.15) is 6.42 Å². The number of cyclic esters (lactones) is 1. The van der Waals surface area contributed by atoms with Crippen molar-refractivity contribution in [2.24, 2.45) is 0 Å². The van der Waals surface area contributed by atoms with Crippen LogP contribution in [0.15, 0.2) is 0 Å². The van der Waals surface area contributed by atoms with E-state index in [4.69, 9.17) is 4.74 Å². The van der Waals surface area contributed by atoms with Crippen LogP contribution in [-0.4, -0.2) is 24.2 Å². The molecule has 52 valence electrons. The van der Waals surface area contributed by atoms with Crippen LogP contribution < -0.4 is 0 Å². The van der Waals surface area contributed by atoms with Crippen molar-refractivity contribution in [2.45, 2.75) is 10.9 Å². The predicted molar refractivity (Wildman–Crippen MR) is 34.2 cm³/mol. The maximum atomic E-state index is 10.5. The molecule has 1 aliphatic heterocycles. The molecule has 1 saturated heterocycles. The lowest BCUT2D eigenvalue weighted by Crippen LogP contribution is -2.22. The van der Waals surface area contributed by atoms with E-state index in [-0.39, 0.29) is 5.97 Å². The molecule has 0 radical (unpaired) electrons. The third-order valence-corrected chi connectivity index (χ3v) is 2.06. The van der Waals surface area contributed by atoms with Gasteiger partial charge < -0.3 is 9.47 Å². The average molecular weight is 195 g/mol. The molecule has 0 N–H and O–H groups in total. The molecule has 1 atom stereocenters. The van der Waals surface area contributed by atoms with Crippen molar-refractivity contribution in [3.63, 3.8) is 0 Å². The molecular formula is C5H7BrO3. The number of carbonyl (C=O) groups excluding carboxylic acids is 1. The number of ether oxygens (including phenoxy) is 2. The van der Waals surface area contributed by atoms with E-state index in [0.717, 1.165) is 0 Å². The molecule has 0 bridgehead atoms. The zero-order valence-electron chi connectivity index (χ0n) is 5.02. The lowest BCUT2D eigenvalue weighted by Gasteiger charge is -2.13. The Hall–Kier alpha value is -0.0900. The second-order valence-corrected chi connectivity index (χ2v) is 3.37. The molecule has 9 heavy (non-hydrogen) atoms. The van der Waals surface area contributed by atoms with Gasteiger partial charge in [-0.15, -0.1) is 0 Å². The topological polar surface area (TPSA) is 35.5 Å². The summed E-state index contributed by atoms with van der Waals surface area (Å²) in [7, 11) is 1.54. The standard InChI is InChI=1S/C5H7BrO3/c1-8-5(6)2-4(7)9-3-5/h2-3H2,1H3. The van der Waals surface area contributed by atoms with Crippen LogP contribution in [0.4, 0.5) is 0 Å². The van der Waals surface area contributed by atoms with E-state index in [2.05, 4.69) is 20.7 Å². The van der Waals surface area contributed by atoms with Crippen molar-refractivity contribution >= 4 is 21.9 Å². The molecule has 0 aromatic rings. The van der Waals surface area contributed by atoms with Crippen molar-refractivity contribution in [2.75, 3.05) is 13.7 Å². The molecule has 1 unspecified atom stereocenters. The third kappa shape index (κ3) is 1.43. The molecule has 1 heterocycles. The maximum Gasteiger partial charge on any atom is 0.309 e. The molecule has 1 fully saturated rings. The minimum absolute atomic E-state index is 0.214. The Morgan fingerprint density at radius 1 is 1.89 bits per heavy atom. The molecule has 1 aliphatic rings. The van der Waals surface area contributed by atoms with Crippen LogP contribution in [-0.2, 0) is 14.3 Å². The van der Waals surface area contributed by atoms with Gasteiger partial charge in [0.1, 0.15) is 6.61 Å². The number of halogens is 1. The van der Waals surface area contributed by atoms with Gasteiger partial charge in [-0.05, 0) is 15.9 Å². The van der Waals surface area contributed by atoms with Crippen molar-refractivity contribution in [1.29, 1.82) is 0 Å². The van der Waals surface area contributed by atoms with Gasteiger partial charge in [-0.25, -0.2) is 0 Å². The Morgan fingerprint density at radius 3 is 2.78 bits per heavy atom. The van der Waals surface area contributed by atoms with Gasteiger partial charge in [0, 0.05) is 7.11 Å². The minimum atomic E-state index is -0.552. The van der Waals surface area contributed by atoms with Crippen LogP contribution in [0.25, 0.3) is 0 Å². The fraction of sp³-hybridized carbons (Fsp3) is 0.800. The SMILES string of the molecule is COC1(Br)COC(=O)C1. The molecule has 0 aliphatic carbocycles. The normalized spacial score (nSPS) is 34.7. The van der Waals surface area contributed by atoms with Crippen LogP contribution in [0.5, 0.6) is 0 Å². The van der Waals surface area contributed by atoms with E-state index in [0.29, 0.717) is 13.0 Å². The first-order chi connectivity index (χ1) is 4.16. The highest BCUT2D eigenvalue weighted by atomic mass is 79.9. The monoisotopic (exact) mass is 194 g/mol. The largest absolute Gasteiger partial charge is 0.462 e. The second kappa shape index (κ2) is 2.27. The molecule has 1 rings (SSSR count). The highest BCUT2D eigenvalue weighted by Gasteiger charge is 2.37. The number of carbonyl (C=O) groups is 1. The van der Waals surface area contributed by atoms with Crippen LogP contribution >= 0.6 is 15.9 Å². The summed E-state index contributed by atoms with van der Waals surface area (Å²) in [6.45, 7) is 0.308. The van der Waals surface area contributed by atoms with Crippen molar-refractivity contribution in [3.8, 4) is 0 Å². The predicted octanol–water partition coefficient (Wildman–Crippen LogP) is 0.671. The van der Waals surface area contributed by atoms with Gasteiger partial charge in [-0.2, -0.15) is 0 Å². The lowest BCUT2D eigenvalue weighted by atomic mass is 10.3. The zero-order chi connectivity index (χ0) is 6.91. The van der Waals surface area contributed by atoms with Crippen molar-refractivity contribution in [1.82, 2.24) is 0 Å². The number of hydrogen-bond acceptors (Lipinski definition) is 3. The van der Waals surface area contributed by atoms with E-state index in [1.807, 2.05) is 0 Å². The van der Waals surface area contributed by atoms with Crippen molar-refractivity contribution < 1.29 is 14.3 Å². The summed E-state index contributed by atoms with van der Waals surface area (Å²) in [5.74, 6) is -0.214. The van der Waals surface area contributed by atoms with Crippen LogP contribution in [0, 0.1) is 0 Å². The zero-order valence-corrected chi connectivity index (χ0v) is 6.60. The van der Waals surface area contributed by atoms with Gasteiger partial charge in [0.2, 0.25) is 0 Å². The smallest absolute Gasteiger partial charge is 0.309 e. The molecule has 3 nitrogen and oxygen atoms in total. The Bertz CT molecular complexity index is 136. The first-order valence-corrected chi connectivity index (χ1v) is 3.35. The van der Waals surface area contributed by atoms with E-state index in [1.54, 1.807) is 0 Å². The van der Waals surface area contributed by atoms with Crippen LogP contribution in [0.2, 0.25) is 0 Å². The quantitative estimate of drug-likeness (QED) is 0.455. The fourth-order valence-corrected chi connectivity index (χ4v) is 0.980. The summed E-state index contributed by atoms with van der Waals surface area (Å²) in [5, 5.41) is 0. The fourth-order valence-electron chi connectivity index (χ4n) is 0.637. The first kappa shape index (κ1) is 7.02. The summed E-state index contributed by atoms with van der Waals surface area (Å²) in [6, 6.07) is 0. The Morgan fingerprint density at radius 2 is 2.56 bits per heavy atom. The summed E-state index contributed by atoms with van der Waals surface area (Å²) < 4.78 is 9.04. The molecule has 0 aromatic heterocycles. The molecular weight excluding hydrogens is 188 g/mol. The average Bonchev–Trinajstić information content (AvgIpc) is 2.13. The third-order valence-electron chi connectivity index (χ3n) is 1.22. The van der Waals surface area contributed by atoms with Gasteiger partial charge in [-0.3, -0.25) is 4.79 Å². The Kier molecular flexibility index (Phi) is 1.77. The summed E-state index contributed by atoms with van der Waals surface area (Å²) in [6.07, 6.45) is 0.295. The first-order valence-electron chi connectivity index (χ1n) is 2.56. The summed E-state index contributed by atoms with van der Waals surface area (Å²) >= 11 is 3.22. The highest BCUT2D eigenvalue weighted by molar-refractivity contribution is 9.10. The number of rotatable bonds is 1.